The maximum atomic E-state index is 5.68. The molecule has 1 aromatic rings. The number of piperidine rings is 1. The molecule has 1 aromatic carbocycles. The molecule has 5 nitrogen and oxygen atoms in total. The van der Waals surface area contributed by atoms with Crippen LogP contribution in [0, 0.1) is 0 Å². The van der Waals surface area contributed by atoms with E-state index < -0.39 is 0 Å². The molecule has 0 aliphatic carbocycles. The van der Waals surface area contributed by atoms with Gasteiger partial charge in [-0.05, 0) is 43.6 Å². The van der Waals surface area contributed by atoms with E-state index in [1.54, 1.807) is 0 Å². The molecule has 1 heterocycles. The Morgan fingerprint density at radius 3 is 2.42 bits per heavy atom. The van der Waals surface area contributed by atoms with Gasteiger partial charge in [-0.15, -0.1) is 0 Å². The third-order valence-electron chi connectivity index (χ3n) is 4.25. The van der Waals surface area contributed by atoms with E-state index in [1.165, 1.54) is 37.9 Å². The Kier molecular flexibility index (Phi) is 7.49. The number of anilines is 1. The van der Waals surface area contributed by atoms with Crippen LogP contribution < -0.4 is 21.7 Å². The predicted molar refractivity (Wildman–Crippen MR) is 102 cm³/mol. The van der Waals surface area contributed by atoms with Crippen molar-refractivity contribution in [3.8, 4) is 0 Å². The molecule has 1 aliphatic heterocycles. The molecule has 0 radical (unpaired) electrons. The van der Waals surface area contributed by atoms with Crippen molar-refractivity contribution < 1.29 is 0 Å². The smallest absolute Gasteiger partial charge is 0.0918 e. The maximum absolute atomic E-state index is 5.68. The van der Waals surface area contributed by atoms with Gasteiger partial charge in [-0.3, -0.25) is 0 Å². The van der Waals surface area contributed by atoms with E-state index in [-0.39, 0.29) is 0 Å². The first-order valence-electron chi connectivity index (χ1n) is 8.78. The largest absolute Gasteiger partial charge is 0.399 e. The molecule has 24 heavy (non-hydrogen) atoms. The van der Waals surface area contributed by atoms with Gasteiger partial charge >= 0.3 is 0 Å². The second-order valence-corrected chi connectivity index (χ2v) is 6.36. The van der Waals surface area contributed by atoms with Crippen molar-refractivity contribution in [2.75, 3.05) is 38.5 Å². The summed E-state index contributed by atoms with van der Waals surface area (Å²) in [5.74, 6) is 0.797. The monoisotopic (exact) mass is 329 g/mol. The van der Waals surface area contributed by atoms with Crippen molar-refractivity contribution in [1.82, 2.24) is 20.9 Å². The molecule has 0 aromatic heterocycles. The van der Waals surface area contributed by atoms with Gasteiger partial charge in [0.25, 0.3) is 0 Å². The molecule has 1 saturated heterocycles. The quantitative estimate of drug-likeness (QED) is 0.495. The van der Waals surface area contributed by atoms with Crippen LogP contribution in [0.15, 0.2) is 48.9 Å². The van der Waals surface area contributed by atoms with E-state index in [2.05, 4.69) is 34.0 Å². The standard InChI is InChI=1S/C19H31N5/c1-16(21-10-13-24-11-4-3-5-12-24)14-22-17(2)23-15-18-6-8-19(20)9-7-18/h6-9,21-23H,1-5,10-15,20H2. The average molecular weight is 329 g/mol. The van der Waals surface area contributed by atoms with Gasteiger partial charge in [-0.2, -0.15) is 0 Å². The van der Waals surface area contributed by atoms with E-state index in [0.717, 1.165) is 36.8 Å². The van der Waals surface area contributed by atoms with E-state index in [9.17, 15) is 0 Å². The van der Waals surface area contributed by atoms with Crippen LogP contribution in [0.3, 0.4) is 0 Å². The second kappa shape index (κ2) is 9.88. The fraction of sp³-hybridized carbons (Fsp3) is 0.474. The van der Waals surface area contributed by atoms with Crippen LogP contribution in [0.5, 0.6) is 0 Å². The van der Waals surface area contributed by atoms with Gasteiger partial charge in [0.1, 0.15) is 0 Å². The lowest BCUT2D eigenvalue weighted by Crippen LogP contribution is -2.37. The summed E-state index contributed by atoms with van der Waals surface area (Å²) in [6, 6.07) is 7.83. The lowest BCUT2D eigenvalue weighted by atomic mass is 10.1. The van der Waals surface area contributed by atoms with Gasteiger partial charge in [-0.25, -0.2) is 0 Å². The van der Waals surface area contributed by atoms with E-state index >= 15 is 0 Å². The van der Waals surface area contributed by atoms with Crippen molar-refractivity contribution >= 4 is 5.69 Å². The molecule has 1 aliphatic rings. The van der Waals surface area contributed by atoms with Crippen LogP contribution in [0.4, 0.5) is 5.69 Å². The first kappa shape index (κ1) is 18.2. The third kappa shape index (κ3) is 6.96. The van der Waals surface area contributed by atoms with Gasteiger partial charge in [-0.1, -0.05) is 31.7 Å². The van der Waals surface area contributed by atoms with Gasteiger partial charge in [0, 0.05) is 31.0 Å². The lowest BCUT2D eigenvalue weighted by molar-refractivity contribution is 0.231. The second-order valence-electron chi connectivity index (χ2n) is 6.36. The zero-order chi connectivity index (χ0) is 17.2. The highest BCUT2D eigenvalue weighted by Gasteiger charge is 2.08. The number of hydrogen-bond donors (Lipinski definition) is 4. The summed E-state index contributed by atoms with van der Waals surface area (Å²) in [5, 5.41) is 9.89. The molecule has 0 amide bonds. The van der Waals surface area contributed by atoms with Crippen molar-refractivity contribution in [3.05, 3.63) is 54.5 Å². The number of benzene rings is 1. The Labute approximate surface area is 146 Å². The molecule has 0 atom stereocenters. The SMILES string of the molecule is C=C(CNC(=C)NCc1ccc(N)cc1)NCCN1CCCCC1. The number of nitrogens with one attached hydrogen (secondary N) is 3. The van der Waals surface area contributed by atoms with Crippen LogP contribution in [-0.4, -0.2) is 37.6 Å². The number of nitrogen functional groups attached to an aromatic ring is 1. The first-order valence-corrected chi connectivity index (χ1v) is 8.78. The summed E-state index contributed by atoms with van der Waals surface area (Å²) < 4.78 is 0. The van der Waals surface area contributed by atoms with Crippen LogP contribution in [0.2, 0.25) is 0 Å². The number of nitrogens with two attached hydrogens (primary N) is 1. The van der Waals surface area contributed by atoms with E-state index in [1.807, 2.05) is 24.3 Å². The minimum Gasteiger partial charge on any atom is -0.399 e. The Morgan fingerprint density at radius 2 is 1.71 bits per heavy atom. The van der Waals surface area contributed by atoms with Crippen molar-refractivity contribution in [3.63, 3.8) is 0 Å². The molecule has 1 fully saturated rings. The molecular weight excluding hydrogens is 298 g/mol. The van der Waals surface area contributed by atoms with Crippen molar-refractivity contribution in [2.45, 2.75) is 25.8 Å². The topological polar surface area (TPSA) is 65.3 Å². The van der Waals surface area contributed by atoms with Crippen LogP contribution in [-0.2, 0) is 6.54 Å². The zero-order valence-electron chi connectivity index (χ0n) is 14.6. The highest BCUT2D eigenvalue weighted by atomic mass is 15.1. The summed E-state index contributed by atoms with van der Waals surface area (Å²) in [4.78, 5) is 2.52. The number of rotatable bonds is 10. The molecule has 132 valence electrons. The Balaban J connectivity index is 1.53. The van der Waals surface area contributed by atoms with Gasteiger partial charge in [0.05, 0.1) is 12.4 Å². The van der Waals surface area contributed by atoms with E-state index in [4.69, 9.17) is 5.73 Å². The Morgan fingerprint density at radius 1 is 1.00 bits per heavy atom. The first-order chi connectivity index (χ1) is 11.6. The zero-order valence-corrected chi connectivity index (χ0v) is 14.6. The molecule has 5 N–H and O–H groups in total. The van der Waals surface area contributed by atoms with E-state index in [0.29, 0.717) is 6.54 Å². The van der Waals surface area contributed by atoms with Crippen LogP contribution in [0.1, 0.15) is 24.8 Å². The maximum Gasteiger partial charge on any atom is 0.0918 e. The normalized spacial score (nSPS) is 14.8. The molecule has 0 bridgehead atoms. The van der Waals surface area contributed by atoms with Crippen LogP contribution in [0.25, 0.3) is 0 Å². The predicted octanol–water partition coefficient (Wildman–Crippen LogP) is 2.01. The summed E-state index contributed by atoms with van der Waals surface area (Å²) >= 11 is 0. The molecule has 2 rings (SSSR count). The highest BCUT2D eigenvalue weighted by molar-refractivity contribution is 5.39. The molecule has 0 spiro atoms. The minimum atomic E-state index is 0.674. The van der Waals surface area contributed by atoms with Gasteiger partial charge in [0.15, 0.2) is 0 Å². The lowest BCUT2D eigenvalue weighted by Gasteiger charge is -2.26. The van der Waals surface area contributed by atoms with Gasteiger partial charge < -0.3 is 26.6 Å². The molecule has 5 heteroatoms. The summed E-state index contributed by atoms with van der Waals surface area (Å²) in [5.41, 5.74) is 8.62. The van der Waals surface area contributed by atoms with Gasteiger partial charge in [0.2, 0.25) is 0 Å². The Bertz CT molecular complexity index is 517. The highest BCUT2D eigenvalue weighted by Crippen LogP contribution is 2.07. The van der Waals surface area contributed by atoms with Crippen molar-refractivity contribution in [1.29, 1.82) is 0 Å². The number of likely N-dealkylation sites (tertiary alicyclic amines) is 1. The summed E-state index contributed by atoms with van der Waals surface area (Å²) in [6.07, 6.45) is 4.05. The minimum absolute atomic E-state index is 0.674. The fourth-order valence-electron chi connectivity index (χ4n) is 2.76. The van der Waals surface area contributed by atoms with Crippen molar-refractivity contribution in [2.24, 2.45) is 0 Å². The molecule has 0 saturated carbocycles. The molecular formula is C19H31N5. The summed E-state index contributed by atoms with van der Waals surface area (Å²) in [6.45, 7) is 14.0. The number of nitrogens with zero attached hydrogens (tertiary/aromatic N) is 1. The Hall–Kier alpha value is -2.14. The molecule has 0 unspecified atom stereocenters. The summed E-state index contributed by atoms with van der Waals surface area (Å²) in [7, 11) is 0. The average Bonchev–Trinajstić information content (AvgIpc) is 2.60. The fourth-order valence-corrected chi connectivity index (χ4v) is 2.76. The van der Waals surface area contributed by atoms with Crippen LogP contribution >= 0.6 is 0 Å². The number of hydrogen-bond acceptors (Lipinski definition) is 5. The third-order valence-corrected chi connectivity index (χ3v) is 4.25.